The Bertz CT molecular complexity index is 1790. The highest BCUT2D eigenvalue weighted by atomic mass is 127. The molecule has 2 aromatic heterocycles. The van der Waals surface area contributed by atoms with Crippen LogP contribution in [0, 0.1) is 3.57 Å². The highest BCUT2D eigenvalue weighted by Crippen LogP contribution is 2.33. The van der Waals surface area contributed by atoms with Crippen molar-refractivity contribution in [1.82, 2.24) is 9.55 Å². The summed E-state index contributed by atoms with van der Waals surface area (Å²) in [6.07, 6.45) is 0. The highest BCUT2D eigenvalue weighted by Gasteiger charge is 2.12. The maximum Gasteiger partial charge on any atom is 0.227 e. The minimum Gasteiger partial charge on any atom is -0.435 e. The maximum atomic E-state index is 6.04. The summed E-state index contributed by atoms with van der Waals surface area (Å²) in [5.41, 5.74) is 8.63. The third kappa shape index (κ3) is 3.36. The van der Waals surface area contributed by atoms with Crippen molar-refractivity contribution in [2.75, 3.05) is 0 Å². The van der Waals surface area contributed by atoms with Crippen molar-refractivity contribution in [3.63, 3.8) is 0 Å². The standard InChI is InChI=1S/C31H19IN2O/c32-26-8-5-9-27-30(26)35-31(33-27)22-14-12-20(13-15-22)21-16-18-23(19-17-21)34-28-10-3-1-6-24(28)25-7-2-4-11-29(25)34/h1-19H. The van der Waals surface area contributed by atoms with Crippen LogP contribution in [0.25, 0.3) is 61.2 Å². The monoisotopic (exact) mass is 562 g/mol. The zero-order chi connectivity index (χ0) is 23.4. The topological polar surface area (TPSA) is 31.0 Å². The van der Waals surface area contributed by atoms with Crippen LogP contribution in [0.15, 0.2) is 120 Å². The molecule has 166 valence electrons. The number of aromatic nitrogens is 2. The molecule has 2 heterocycles. The van der Waals surface area contributed by atoms with Crippen LogP contribution in [-0.2, 0) is 0 Å². The Morgan fingerprint density at radius 2 is 1.14 bits per heavy atom. The molecule has 0 fully saturated rings. The minimum atomic E-state index is 0.650. The van der Waals surface area contributed by atoms with Crippen molar-refractivity contribution < 1.29 is 4.42 Å². The van der Waals surface area contributed by atoms with Crippen LogP contribution in [-0.4, -0.2) is 9.55 Å². The summed E-state index contributed by atoms with van der Waals surface area (Å²) in [7, 11) is 0. The number of benzene rings is 5. The molecule has 0 bridgehead atoms. The molecular formula is C31H19IN2O. The molecule has 0 saturated heterocycles. The molecule has 3 nitrogen and oxygen atoms in total. The number of fused-ring (bicyclic) bond motifs is 4. The van der Waals surface area contributed by atoms with Gasteiger partial charge in [0.25, 0.3) is 0 Å². The molecular weight excluding hydrogens is 543 g/mol. The average Bonchev–Trinajstić information content (AvgIpc) is 3.50. The third-order valence-corrected chi connectivity index (χ3v) is 7.39. The van der Waals surface area contributed by atoms with Crippen LogP contribution in [0.5, 0.6) is 0 Å². The van der Waals surface area contributed by atoms with Crippen molar-refractivity contribution in [1.29, 1.82) is 0 Å². The lowest BCUT2D eigenvalue weighted by Gasteiger charge is -2.09. The van der Waals surface area contributed by atoms with Crippen molar-refractivity contribution in [3.05, 3.63) is 119 Å². The first-order valence-corrected chi connectivity index (χ1v) is 12.6. The summed E-state index contributed by atoms with van der Waals surface area (Å²) in [4.78, 5) is 4.66. The number of oxazole rings is 1. The van der Waals surface area contributed by atoms with Crippen LogP contribution < -0.4 is 0 Å². The van der Waals surface area contributed by atoms with E-state index < -0.39 is 0 Å². The van der Waals surface area contributed by atoms with Crippen LogP contribution in [0.4, 0.5) is 0 Å². The zero-order valence-electron chi connectivity index (χ0n) is 18.7. The largest absolute Gasteiger partial charge is 0.435 e. The fourth-order valence-electron chi connectivity index (χ4n) is 4.85. The van der Waals surface area contributed by atoms with Gasteiger partial charge in [-0.05, 0) is 82.2 Å². The number of hydrogen-bond acceptors (Lipinski definition) is 2. The summed E-state index contributed by atoms with van der Waals surface area (Å²) in [6.45, 7) is 0. The lowest BCUT2D eigenvalue weighted by atomic mass is 10.0. The van der Waals surface area contributed by atoms with Gasteiger partial charge in [0.1, 0.15) is 5.52 Å². The molecule has 35 heavy (non-hydrogen) atoms. The first-order valence-electron chi connectivity index (χ1n) is 11.5. The van der Waals surface area contributed by atoms with Crippen molar-refractivity contribution in [2.45, 2.75) is 0 Å². The quantitative estimate of drug-likeness (QED) is 0.202. The van der Waals surface area contributed by atoms with Crippen LogP contribution in [0.1, 0.15) is 0 Å². The number of halogens is 1. The number of nitrogens with zero attached hydrogens (tertiary/aromatic N) is 2. The molecule has 0 atom stereocenters. The van der Waals surface area contributed by atoms with Crippen molar-refractivity contribution in [2.24, 2.45) is 0 Å². The van der Waals surface area contributed by atoms with Gasteiger partial charge in [-0.2, -0.15) is 0 Å². The third-order valence-electron chi connectivity index (χ3n) is 6.54. The lowest BCUT2D eigenvalue weighted by Crippen LogP contribution is -1.93. The Balaban J connectivity index is 1.25. The molecule has 0 N–H and O–H groups in total. The van der Waals surface area contributed by atoms with Crippen molar-refractivity contribution in [3.8, 4) is 28.3 Å². The second-order valence-corrected chi connectivity index (χ2v) is 9.76. The first-order chi connectivity index (χ1) is 17.3. The molecule has 7 rings (SSSR count). The van der Waals surface area contributed by atoms with E-state index in [0.717, 1.165) is 31.5 Å². The first kappa shape index (κ1) is 20.5. The van der Waals surface area contributed by atoms with Gasteiger partial charge in [0.05, 0.1) is 14.6 Å². The Labute approximate surface area is 215 Å². The smallest absolute Gasteiger partial charge is 0.227 e. The van der Waals surface area contributed by atoms with E-state index in [1.165, 1.54) is 27.4 Å². The van der Waals surface area contributed by atoms with Crippen LogP contribution in [0.3, 0.4) is 0 Å². The van der Waals surface area contributed by atoms with Gasteiger partial charge in [0.2, 0.25) is 5.89 Å². The van der Waals surface area contributed by atoms with E-state index in [2.05, 4.69) is 129 Å². The summed E-state index contributed by atoms with van der Waals surface area (Å²) < 4.78 is 9.44. The fraction of sp³-hybridized carbons (Fsp3) is 0. The Morgan fingerprint density at radius 3 is 1.77 bits per heavy atom. The minimum absolute atomic E-state index is 0.650. The summed E-state index contributed by atoms with van der Waals surface area (Å²) in [5.74, 6) is 0.650. The molecule has 7 aromatic rings. The second-order valence-electron chi connectivity index (χ2n) is 8.60. The normalized spacial score (nSPS) is 11.6. The summed E-state index contributed by atoms with van der Waals surface area (Å²) in [5, 5.41) is 2.55. The molecule has 0 radical (unpaired) electrons. The van der Waals surface area contributed by atoms with Gasteiger partial charge in [-0.1, -0.05) is 66.7 Å². The number of para-hydroxylation sites is 3. The van der Waals surface area contributed by atoms with E-state index in [-0.39, 0.29) is 0 Å². The van der Waals surface area contributed by atoms with Gasteiger partial charge in [-0.3, -0.25) is 0 Å². The molecule has 0 aliphatic carbocycles. The fourth-order valence-corrected chi connectivity index (χ4v) is 5.44. The number of rotatable bonds is 3. The summed E-state index contributed by atoms with van der Waals surface area (Å²) in [6, 6.07) is 40.4. The van der Waals surface area contributed by atoms with E-state index in [4.69, 9.17) is 4.42 Å². The molecule has 0 aliphatic heterocycles. The number of hydrogen-bond donors (Lipinski definition) is 0. The van der Waals surface area contributed by atoms with E-state index >= 15 is 0 Å². The van der Waals surface area contributed by atoms with E-state index in [1.807, 2.05) is 18.2 Å². The molecule has 0 amide bonds. The zero-order valence-corrected chi connectivity index (χ0v) is 20.8. The van der Waals surface area contributed by atoms with Gasteiger partial charge < -0.3 is 8.98 Å². The lowest BCUT2D eigenvalue weighted by molar-refractivity contribution is 0.618. The maximum absolute atomic E-state index is 6.04. The van der Waals surface area contributed by atoms with Gasteiger partial charge in [0, 0.05) is 22.0 Å². The Morgan fingerprint density at radius 1 is 0.571 bits per heavy atom. The predicted molar refractivity (Wildman–Crippen MR) is 152 cm³/mol. The Kier molecular flexibility index (Phi) is 4.74. The second kappa shape index (κ2) is 8.10. The molecule has 0 aliphatic rings. The predicted octanol–water partition coefficient (Wildman–Crippen LogP) is 8.86. The summed E-state index contributed by atoms with van der Waals surface area (Å²) >= 11 is 2.28. The SMILES string of the molecule is Ic1cccc2nc(-c3ccc(-c4ccc(-n5c6ccccc6c6ccccc65)cc4)cc3)oc12. The molecule has 5 aromatic carbocycles. The van der Waals surface area contributed by atoms with Gasteiger partial charge in [0.15, 0.2) is 5.58 Å². The van der Waals surface area contributed by atoms with Crippen molar-refractivity contribution >= 4 is 55.5 Å². The van der Waals surface area contributed by atoms with Gasteiger partial charge >= 0.3 is 0 Å². The molecule has 0 unspecified atom stereocenters. The van der Waals surface area contributed by atoms with Crippen LogP contribution >= 0.6 is 22.6 Å². The average molecular weight is 562 g/mol. The molecule has 4 heteroatoms. The molecule has 0 saturated carbocycles. The Hall–Kier alpha value is -3.90. The van der Waals surface area contributed by atoms with Crippen LogP contribution in [0.2, 0.25) is 0 Å². The van der Waals surface area contributed by atoms with E-state index in [1.54, 1.807) is 0 Å². The van der Waals surface area contributed by atoms with E-state index in [0.29, 0.717) is 5.89 Å². The highest BCUT2D eigenvalue weighted by molar-refractivity contribution is 14.1. The van der Waals surface area contributed by atoms with E-state index in [9.17, 15) is 0 Å². The van der Waals surface area contributed by atoms with Gasteiger partial charge in [-0.15, -0.1) is 0 Å². The van der Waals surface area contributed by atoms with Gasteiger partial charge in [-0.25, -0.2) is 4.98 Å². The molecule has 0 spiro atoms.